The van der Waals surface area contributed by atoms with Gasteiger partial charge in [0.2, 0.25) is 0 Å². The van der Waals surface area contributed by atoms with E-state index in [1.165, 1.54) is 0 Å². The molecule has 0 saturated carbocycles. The van der Waals surface area contributed by atoms with Gasteiger partial charge in [-0.25, -0.2) is 4.98 Å². The first kappa shape index (κ1) is 12.4. The number of fused-ring (bicyclic) bond motifs is 1. The Kier molecular flexibility index (Phi) is 3.17. The predicted molar refractivity (Wildman–Crippen MR) is 80.9 cm³/mol. The van der Waals surface area contributed by atoms with Crippen molar-refractivity contribution in [1.29, 1.82) is 0 Å². The van der Waals surface area contributed by atoms with Crippen LogP contribution in [0.2, 0.25) is 0 Å². The number of anilines is 1. The molecule has 0 radical (unpaired) electrons. The van der Waals surface area contributed by atoms with Gasteiger partial charge in [0.05, 0.1) is 0 Å². The molecule has 2 aromatic carbocycles. The summed E-state index contributed by atoms with van der Waals surface area (Å²) >= 11 is 0. The molecule has 1 amide bonds. The molecule has 0 bridgehead atoms. The Hall–Kier alpha value is -2.68. The molecule has 3 heteroatoms. The third-order valence-electron chi connectivity index (χ3n) is 3.17. The van der Waals surface area contributed by atoms with Crippen molar-refractivity contribution in [3.05, 3.63) is 71.9 Å². The number of pyridine rings is 1. The molecule has 98 valence electrons. The molecule has 1 aromatic heterocycles. The van der Waals surface area contributed by atoms with E-state index in [0.29, 0.717) is 11.4 Å². The monoisotopic (exact) mass is 262 g/mol. The molecule has 0 atom stereocenters. The van der Waals surface area contributed by atoms with Crippen molar-refractivity contribution in [1.82, 2.24) is 4.98 Å². The van der Waals surface area contributed by atoms with Crippen LogP contribution < -0.4 is 5.32 Å². The highest BCUT2D eigenvalue weighted by atomic mass is 16.1. The van der Waals surface area contributed by atoms with Crippen LogP contribution in [0, 0.1) is 6.92 Å². The normalized spacial score (nSPS) is 10.4. The summed E-state index contributed by atoms with van der Waals surface area (Å²) in [5.41, 5.74) is 1.70. The van der Waals surface area contributed by atoms with E-state index >= 15 is 0 Å². The van der Waals surface area contributed by atoms with Crippen LogP contribution in [0.5, 0.6) is 0 Å². The number of hydrogen-bond donors (Lipinski definition) is 1. The molecular weight excluding hydrogens is 248 g/mol. The minimum atomic E-state index is -0.145. The Labute approximate surface area is 117 Å². The first-order valence-electron chi connectivity index (χ1n) is 6.45. The summed E-state index contributed by atoms with van der Waals surface area (Å²) in [6.07, 6.45) is 1.69. The van der Waals surface area contributed by atoms with Gasteiger partial charge in [-0.15, -0.1) is 0 Å². The molecule has 1 heterocycles. The average molecular weight is 262 g/mol. The number of benzene rings is 2. The van der Waals surface area contributed by atoms with E-state index in [1.807, 2.05) is 61.5 Å². The minimum absolute atomic E-state index is 0.145. The average Bonchev–Trinajstić information content (AvgIpc) is 2.47. The SMILES string of the molecule is Cc1ccnc(NC(=O)c2ccc3ccccc3c2)c1. The Balaban J connectivity index is 1.88. The lowest BCUT2D eigenvalue weighted by Crippen LogP contribution is -2.12. The van der Waals surface area contributed by atoms with Crippen molar-refractivity contribution in [2.24, 2.45) is 0 Å². The van der Waals surface area contributed by atoms with E-state index in [9.17, 15) is 4.79 Å². The lowest BCUT2D eigenvalue weighted by Gasteiger charge is -2.06. The number of amides is 1. The third kappa shape index (κ3) is 2.52. The molecule has 3 nitrogen and oxygen atoms in total. The molecule has 3 rings (SSSR count). The van der Waals surface area contributed by atoms with E-state index in [-0.39, 0.29) is 5.91 Å². The van der Waals surface area contributed by atoms with Crippen molar-refractivity contribution in [2.75, 3.05) is 5.32 Å². The zero-order chi connectivity index (χ0) is 13.9. The van der Waals surface area contributed by atoms with Crippen LogP contribution >= 0.6 is 0 Å². The maximum absolute atomic E-state index is 12.2. The van der Waals surface area contributed by atoms with Gasteiger partial charge in [-0.3, -0.25) is 4.79 Å². The van der Waals surface area contributed by atoms with E-state index in [4.69, 9.17) is 0 Å². The molecule has 0 fully saturated rings. The van der Waals surface area contributed by atoms with Crippen molar-refractivity contribution >= 4 is 22.5 Å². The van der Waals surface area contributed by atoms with Gasteiger partial charge >= 0.3 is 0 Å². The maximum atomic E-state index is 12.2. The number of rotatable bonds is 2. The van der Waals surface area contributed by atoms with Crippen molar-refractivity contribution < 1.29 is 4.79 Å². The van der Waals surface area contributed by atoms with Crippen molar-refractivity contribution in [3.8, 4) is 0 Å². The maximum Gasteiger partial charge on any atom is 0.256 e. The number of carbonyl (C=O) groups is 1. The lowest BCUT2D eigenvalue weighted by molar-refractivity contribution is 0.102. The van der Waals surface area contributed by atoms with E-state index in [1.54, 1.807) is 6.20 Å². The molecule has 0 aliphatic rings. The van der Waals surface area contributed by atoms with Crippen molar-refractivity contribution in [3.63, 3.8) is 0 Å². The summed E-state index contributed by atoms with van der Waals surface area (Å²) in [6, 6.07) is 17.4. The number of nitrogens with one attached hydrogen (secondary N) is 1. The van der Waals surface area contributed by atoms with Crippen LogP contribution in [0.4, 0.5) is 5.82 Å². The molecule has 20 heavy (non-hydrogen) atoms. The Bertz CT molecular complexity index is 781. The molecule has 0 unspecified atom stereocenters. The number of aromatic nitrogens is 1. The molecule has 0 aliphatic heterocycles. The van der Waals surface area contributed by atoms with Gasteiger partial charge in [0, 0.05) is 11.8 Å². The zero-order valence-corrected chi connectivity index (χ0v) is 11.1. The smallest absolute Gasteiger partial charge is 0.256 e. The zero-order valence-electron chi connectivity index (χ0n) is 11.1. The summed E-state index contributed by atoms with van der Waals surface area (Å²) in [6.45, 7) is 1.97. The first-order chi connectivity index (χ1) is 9.72. The molecule has 3 aromatic rings. The van der Waals surface area contributed by atoms with Gasteiger partial charge in [-0.2, -0.15) is 0 Å². The van der Waals surface area contributed by atoms with Gasteiger partial charge in [0.25, 0.3) is 5.91 Å². The second-order valence-electron chi connectivity index (χ2n) is 4.73. The fraction of sp³-hybridized carbons (Fsp3) is 0.0588. The van der Waals surface area contributed by atoms with Crippen LogP contribution in [-0.4, -0.2) is 10.9 Å². The quantitative estimate of drug-likeness (QED) is 0.763. The highest BCUT2D eigenvalue weighted by molar-refractivity contribution is 6.06. The number of hydrogen-bond acceptors (Lipinski definition) is 2. The highest BCUT2D eigenvalue weighted by Gasteiger charge is 2.07. The van der Waals surface area contributed by atoms with Gasteiger partial charge in [-0.05, 0) is 47.5 Å². The lowest BCUT2D eigenvalue weighted by atomic mass is 10.1. The number of aryl methyl sites for hydroxylation is 1. The van der Waals surface area contributed by atoms with Crippen LogP contribution in [0.25, 0.3) is 10.8 Å². The summed E-state index contributed by atoms with van der Waals surface area (Å²) < 4.78 is 0. The molecule has 0 saturated heterocycles. The number of nitrogens with zero attached hydrogens (tertiary/aromatic N) is 1. The third-order valence-corrected chi connectivity index (χ3v) is 3.17. The standard InChI is InChI=1S/C17H14N2O/c1-12-8-9-18-16(10-12)19-17(20)15-7-6-13-4-2-3-5-14(13)11-15/h2-11H,1H3,(H,18,19,20). The molecule has 1 N–H and O–H groups in total. The molecule has 0 aliphatic carbocycles. The Morgan fingerprint density at radius 3 is 2.60 bits per heavy atom. The molecular formula is C17H14N2O. The molecule has 0 spiro atoms. The summed E-state index contributed by atoms with van der Waals surface area (Å²) in [5, 5.41) is 4.99. The summed E-state index contributed by atoms with van der Waals surface area (Å²) in [7, 11) is 0. The van der Waals surface area contributed by atoms with Crippen LogP contribution in [0.3, 0.4) is 0 Å². The summed E-state index contributed by atoms with van der Waals surface area (Å²) in [5.74, 6) is 0.428. The van der Waals surface area contributed by atoms with E-state index < -0.39 is 0 Å². The highest BCUT2D eigenvalue weighted by Crippen LogP contribution is 2.16. The summed E-state index contributed by atoms with van der Waals surface area (Å²) in [4.78, 5) is 16.4. The van der Waals surface area contributed by atoms with Gasteiger partial charge in [-0.1, -0.05) is 30.3 Å². The predicted octanol–water partition coefficient (Wildman–Crippen LogP) is 3.80. The second kappa shape index (κ2) is 5.13. The second-order valence-corrected chi connectivity index (χ2v) is 4.73. The minimum Gasteiger partial charge on any atom is -0.307 e. The van der Waals surface area contributed by atoms with Crippen LogP contribution in [0.1, 0.15) is 15.9 Å². The number of carbonyl (C=O) groups excluding carboxylic acids is 1. The Morgan fingerprint density at radius 2 is 1.80 bits per heavy atom. The topological polar surface area (TPSA) is 42.0 Å². The van der Waals surface area contributed by atoms with E-state index in [2.05, 4.69) is 10.3 Å². The van der Waals surface area contributed by atoms with Gasteiger partial charge in [0.15, 0.2) is 0 Å². The van der Waals surface area contributed by atoms with Gasteiger partial charge in [0.1, 0.15) is 5.82 Å². The van der Waals surface area contributed by atoms with Crippen molar-refractivity contribution in [2.45, 2.75) is 6.92 Å². The van der Waals surface area contributed by atoms with Crippen LogP contribution in [-0.2, 0) is 0 Å². The first-order valence-corrected chi connectivity index (χ1v) is 6.45. The van der Waals surface area contributed by atoms with Crippen LogP contribution in [0.15, 0.2) is 60.8 Å². The van der Waals surface area contributed by atoms with Gasteiger partial charge < -0.3 is 5.32 Å². The Morgan fingerprint density at radius 1 is 1.00 bits per heavy atom. The van der Waals surface area contributed by atoms with E-state index in [0.717, 1.165) is 16.3 Å². The largest absolute Gasteiger partial charge is 0.307 e. The fourth-order valence-corrected chi connectivity index (χ4v) is 2.12. The fourth-order valence-electron chi connectivity index (χ4n) is 2.12.